The number of aliphatic imine (C=N–C) groups is 1. The molecule has 1 aromatic carbocycles. The van der Waals surface area contributed by atoms with Gasteiger partial charge in [0, 0.05) is 38.8 Å². The number of carbonyl (C=O) groups excluding carboxylic acids is 1. The molecular weight excluding hydrogens is 500 g/mol. The van der Waals surface area contributed by atoms with Crippen LogP contribution in [0, 0.1) is 11.7 Å². The Kier molecular flexibility index (Phi) is 9.54. The van der Waals surface area contributed by atoms with Gasteiger partial charge in [0.05, 0.1) is 24.4 Å². The van der Waals surface area contributed by atoms with Crippen molar-refractivity contribution in [3.05, 3.63) is 48.0 Å². The lowest BCUT2D eigenvalue weighted by atomic mass is 9.97. The van der Waals surface area contributed by atoms with Crippen LogP contribution in [0.3, 0.4) is 0 Å². The monoisotopic (exact) mass is 529 g/mol. The van der Waals surface area contributed by atoms with Crippen molar-refractivity contribution in [1.82, 2.24) is 20.0 Å². The van der Waals surface area contributed by atoms with Gasteiger partial charge in [0.25, 0.3) is 0 Å². The molecule has 3 rings (SSSR count). The van der Waals surface area contributed by atoms with Crippen LogP contribution in [-0.2, 0) is 16.0 Å². The first-order valence-electron chi connectivity index (χ1n) is 10.0. The van der Waals surface area contributed by atoms with Gasteiger partial charge in [-0.25, -0.2) is 9.07 Å². The molecule has 9 heteroatoms. The Morgan fingerprint density at radius 1 is 1.27 bits per heavy atom. The van der Waals surface area contributed by atoms with Crippen molar-refractivity contribution >= 4 is 35.9 Å². The normalized spacial score (nSPS) is 14.9. The lowest BCUT2D eigenvalue weighted by molar-refractivity contribution is -0.146. The summed E-state index contributed by atoms with van der Waals surface area (Å²) in [6.07, 6.45) is 4.13. The maximum Gasteiger partial charge on any atom is 0.308 e. The van der Waals surface area contributed by atoms with E-state index >= 15 is 0 Å². The van der Waals surface area contributed by atoms with E-state index in [9.17, 15) is 9.18 Å². The van der Waals surface area contributed by atoms with Crippen molar-refractivity contribution in [2.24, 2.45) is 10.9 Å². The molecule has 1 aromatic heterocycles. The summed E-state index contributed by atoms with van der Waals surface area (Å²) < 4.78 is 19.7. The number of ether oxygens (including phenoxy) is 1. The molecule has 2 heterocycles. The van der Waals surface area contributed by atoms with Gasteiger partial charge in [0.1, 0.15) is 5.82 Å². The van der Waals surface area contributed by atoms with Crippen LogP contribution in [0.5, 0.6) is 0 Å². The Bertz CT molecular complexity index is 832. The number of halogens is 2. The van der Waals surface area contributed by atoms with E-state index in [0.29, 0.717) is 13.0 Å². The highest BCUT2D eigenvalue weighted by atomic mass is 127. The molecule has 1 saturated heterocycles. The summed E-state index contributed by atoms with van der Waals surface area (Å²) in [6.45, 7) is 5.01. The summed E-state index contributed by atoms with van der Waals surface area (Å²) in [5.41, 5.74) is 1.75. The number of carbonyl (C=O) groups is 1. The van der Waals surface area contributed by atoms with Gasteiger partial charge in [0.15, 0.2) is 5.96 Å². The Balaban J connectivity index is 0.00000320. The van der Waals surface area contributed by atoms with E-state index in [1.807, 2.05) is 19.2 Å². The standard InChI is InChI=1S/C21H28FN5O2.HI/c1-3-23-21(26-13-9-16(10-14-26)20(28)29-2)24-12-8-18-11-15-27(25-18)19-6-4-17(22)5-7-19;/h4-7,11,15-16H,3,8-10,12-14H2,1-2H3,(H,23,24);1H. The SMILES string of the molecule is CCNC(=NCCc1ccn(-c2ccc(F)cc2)n1)N1CCC(C(=O)OC)CC1.I. The van der Waals surface area contributed by atoms with Crippen molar-refractivity contribution in [1.29, 1.82) is 0 Å². The number of esters is 1. The molecule has 1 fully saturated rings. The van der Waals surface area contributed by atoms with E-state index < -0.39 is 0 Å². The molecule has 0 radical (unpaired) electrons. The van der Waals surface area contributed by atoms with E-state index in [2.05, 4.69) is 15.3 Å². The molecule has 164 valence electrons. The highest BCUT2D eigenvalue weighted by molar-refractivity contribution is 14.0. The number of piperidine rings is 1. The number of benzene rings is 1. The van der Waals surface area contributed by atoms with E-state index in [-0.39, 0.29) is 41.7 Å². The lowest BCUT2D eigenvalue weighted by Gasteiger charge is -2.33. The number of likely N-dealkylation sites (tertiary alicyclic amines) is 1. The van der Waals surface area contributed by atoms with Crippen LogP contribution in [0.4, 0.5) is 4.39 Å². The number of hydrogen-bond donors (Lipinski definition) is 1. The Labute approximate surface area is 193 Å². The average molecular weight is 529 g/mol. The van der Waals surface area contributed by atoms with Crippen molar-refractivity contribution in [2.75, 3.05) is 33.3 Å². The third-order valence-electron chi connectivity index (χ3n) is 5.03. The zero-order chi connectivity index (χ0) is 20.6. The molecule has 7 nitrogen and oxygen atoms in total. The summed E-state index contributed by atoms with van der Waals surface area (Å²) >= 11 is 0. The van der Waals surface area contributed by atoms with E-state index in [1.165, 1.54) is 19.2 Å². The number of nitrogens with one attached hydrogen (secondary N) is 1. The average Bonchev–Trinajstić information content (AvgIpc) is 3.22. The van der Waals surface area contributed by atoms with Gasteiger partial charge in [-0.1, -0.05) is 0 Å². The molecule has 0 amide bonds. The van der Waals surface area contributed by atoms with Gasteiger partial charge in [-0.15, -0.1) is 24.0 Å². The molecule has 0 spiro atoms. The smallest absolute Gasteiger partial charge is 0.308 e. The summed E-state index contributed by atoms with van der Waals surface area (Å²) in [7, 11) is 1.44. The predicted molar refractivity (Wildman–Crippen MR) is 125 cm³/mol. The molecule has 1 N–H and O–H groups in total. The first kappa shape index (κ1) is 24.1. The minimum atomic E-state index is -0.262. The predicted octanol–water partition coefficient (Wildman–Crippen LogP) is 3.02. The number of nitrogens with zero attached hydrogens (tertiary/aromatic N) is 4. The minimum Gasteiger partial charge on any atom is -0.469 e. The number of hydrogen-bond acceptors (Lipinski definition) is 4. The van der Waals surface area contributed by atoms with Gasteiger partial charge in [-0.05, 0) is 50.1 Å². The van der Waals surface area contributed by atoms with Gasteiger partial charge in [0.2, 0.25) is 0 Å². The fraction of sp³-hybridized carbons (Fsp3) is 0.476. The zero-order valence-electron chi connectivity index (χ0n) is 17.4. The topological polar surface area (TPSA) is 71.8 Å². The Morgan fingerprint density at radius 3 is 2.60 bits per heavy atom. The maximum absolute atomic E-state index is 13.1. The third kappa shape index (κ3) is 6.41. The third-order valence-corrected chi connectivity index (χ3v) is 5.03. The minimum absolute atomic E-state index is 0. The van der Waals surface area contributed by atoms with Crippen LogP contribution < -0.4 is 5.32 Å². The summed E-state index contributed by atoms with van der Waals surface area (Å²) in [5, 5.41) is 7.88. The molecule has 0 aliphatic carbocycles. The number of methoxy groups -OCH3 is 1. The number of guanidine groups is 1. The second kappa shape index (κ2) is 11.9. The molecule has 0 bridgehead atoms. The number of aromatic nitrogens is 2. The van der Waals surface area contributed by atoms with Crippen molar-refractivity contribution in [2.45, 2.75) is 26.2 Å². The van der Waals surface area contributed by atoms with Gasteiger partial charge in [-0.3, -0.25) is 9.79 Å². The van der Waals surface area contributed by atoms with Crippen molar-refractivity contribution < 1.29 is 13.9 Å². The number of rotatable bonds is 6. The van der Waals surface area contributed by atoms with Gasteiger partial charge >= 0.3 is 5.97 Å². The largest absolute Gasteiger partial charge is 0.469 e. The van der Waals surface area contributed by atoms with E-state index in [1.54, 1.807) is 16.8 Å². The highest BCUT2D eigenvalue weighted by Crippen LogP contribution is 2.18. The lowest BCUT2D eigenvalue weighted by Crippen LogP contribution is -2.46. The second-order valence-corrected chi connectivity index (χ2v) is 7.00. The van der Waals surface area contributed by atoms with Crippen molar-refractivity contribution in [3.8, 4) is 5.69 Å². The summed E-state index contributed by atoms with van der Waals surface area (Å²) in [4.78, 5) is 18.6. The highest BCUT2D eigenvalue weighted by Gasteiger charge is 2.26. The molecule has 2 aromatic rings. The van der Waals surface area contributed by atoms with Crippen LogP contribution in [0.15, 0.2) is 41.5 Å². The fourth-order valence-corrected chi connectivity index (χ4v) is 3.43. The molecule has 1 aliphatic heterocycles. The summed E-state index contributed by atoms with van der Waals surface area (Å²) in [6, 6.07) is 8.20. The molecular formula is C21H29FIN5O2. The van der Waals surface area contributed by atoms with Crippen LogP contribution in [0.25, 0.3) is 5.69 Å². The molecule has 0 saturated carbocycles. The van der Waals surface area contributed by atoms with E-state index in [4.69, 9.17) is 9.73 Å². The van der Waals surface area contributed by atoms with E-state index in [0.717, 1.165) is 49.8 Å². The van der Waals surface area contributed by atoms with Crippen molar-refractivity contribution in [3.63, 3.8) is 0 Å². The van der Waals surface area contributed by atoms with Gasteiger partial charge < -0.3 is 15.0 Å². The zero-order valence-corrected chi connectivity index (χ0v) is 19.7. The Morgan fingerprint density at radius 2 is 1.97 bits per heavy atom. The molecule has 30 heavy (non-hydrogen) atoms. The quantitative estimate of drug-likeness (QED) is 0.270. The van der Waals surface area contributed by atoms with Crippen LogP contribution >= 0.6 is 24.0 Å². The Hall–Kier alpha value is -2.17. The maximum atomic E-state index is 13.1. The second-order valence-electron chi connectivity index (χ2n) is 7.00. The molecule has 0 unspecified atom stereocenters. The molecule has 1 aliphatic rings. The van der Waals surface area contributed by atoms with Crippen LogP contribution in [-0.4, -0.2) is 59.9 Å². The molecule has 0 atom stereocenters. The summed E-state index contributed by atoms with van der Waals surface area (Å²) in [5.74, 6) is 0.466. The first-order valence-corrected chi connectivity index (χ1v) is 10.0. The van der Waals surface area contributed by atoms with Gasteiger partial charge in [-0.2, -0.15) is 5.10 Å². The first-order chi connectivity index (χ1) is 14.1. The van der Waals surface area contributed by atoms with Crippen LogP contribution in [0.1, 0.15) is 25.5 Å². The van der Waals surface area contributed by atoms with Crippen LogP contribution in [0.2, 0.25) is 0 Å². The fourth-order valence-electron chi connectivity index (χ4n) is 3.43.